The summed E-state index contributed by atoms with van der Waals surface area (Å²) in [5.41, 5.74) is -1.19. The summed E-state index contributed by atoms with van der Waals surface area (Å²) in [5, 5.41) is 9.13. The van der Waals surface area contributed by atoms with Crippen molar-refractivity contribution < 1.29 is 24.3 Å². The monoisotopic (exact) mass is 323 g/mol. The van der Waals surface area contributed by atoms with Crippen LogP contribution in [0.3, 0.4) is 0 Å². The second-order valence-electron chi connectivity index (χ2n) is 5.43. The highest BCUT2D eigenvalue weighted by molar-refractivity contribution is 7.52. The molecule has 7 heteroatoms. The van der Waals surface area contributed by atoms with E-state index in [2.05, 4.69) is 6.92 Å². The largest absolute Gasteiger partial charge is 0.395 e. The third-order valence-electron chi connectivity index (χ3n) is 3.47. The Morgan fingerprint density at radius 3 is 2.19 bits per heavy atom. The van der Waals surface area contributed by atoms with Gasteiger partial charge in [-0.25, -0.2) is 0 Å². The van der Waals surface area contributed by atoms with Gasteiger partial charge in [0.25, 0.3) is 0 Å². The quantitative estimate of drug-likeness (QED) is 0.377. The topological polar surface area (TPSA) is 98.1 Å². The predicted octanol–water partition coefficient (Wildman–Crippen LogP) is 2.12. The summed E-state index contributed by atoms with van der Waals surface area (Å²) in [6.07, 6.45) is 6.31. The summed E-state index contributed by atoms with van der Waals surface area (Å²) in [6.45, 7) is 3.83. The van der Waals surface area contributed by atoms with E-state index in [1.54, 1.807) is 0 Å². The van der Waals surface area contributed by atoms with Gasteiger partial charge in [0.1, 0.15) is 5.66 Å². The van der Waals surface area contributed by atoms with Gasteiger partial charge in [-0.3, -0.25) is 9.36 Å². The molecule has 0 saturated carbocycles. The van der Waals surface area contributed by atoms with Crippen LogP contribution in [0.5, 0.6) is 0 Å². The molecule has 0 aliphatic rings. The Kier molecular flexibility index (Phi) is 11.0. The lowest BCUT2D eigenvalue weighted by atomic mass is 10.1. The Bertz CT molecular complexity index is 331. The van der Waals surface area contributed by atoms with Crippen molar-refractivity contribution in [2.24, 2.45) is 0 Å². The third-order valence-corrected chi connectivity index (χ3v) is 4.74. The van der Waals surface area contributed by atoms with E-state index in [0.29, 0.717) is 19.4 Å². The Balaban J connectivity index is 4.51. The van der Waals surface area contributed by atoms with Crippen molar-refractivity contribution in [3.63, 3.8) is 0 Å². The maximum Gasteiger partial charge on any atom is 0.332 e. The normalized spacial score (nSPS) is 13.2. The smallest absolute Gasteiger partial charge is 0.332 e. The first-order valence-electron chi connectivity index (χ1n) is 7.80. The highest BCUT2D eigenvalue weighted by atomic mass is 31.2. The van der Waals surface area contributed by atoms with Crippen molar-refractivity contribution in [1.82, 2.24) is 4.90 Å². The lowest BCUT2D eigenvalue weighted by Crippen LogP contribution is -2.39. The van der Waals surface area contributed by atoms with Crippen molar-refractivity contribution in [3.05, 3.63) is 0 Å². The number of unbranched alkanes of at least 4 members (excludes halogenated alkanes) is 4. The number of hydrogen-bond donors (Lipinski definition) is 3. The molecule has 0 aliphatic heterocycles. The standard InChI is InChI=1S/C14H30NO5P/c1-3-5-6-7-8-10-15(14(17)9-4-2)11-13(12-16)21(18,19)20/h13,16H,3-12H2,1-2H3,(H2,18,19,20). The molecule has 0 aromatic heterocycles. The minimum atomic E-state index is -4.38. The van der Waals surface area contributed by atoms with E-state index in [1.807, 2.05) is 6.92 Å². The Hall–Kier alpha value is -0.420. The van der Waals surface area contributed by atoms with Crippen molar-refractivity contribution in [1.29, 1.82) is 0 Å². The van der Waals surface area contributed by atoms with E-state index >= 15 is 0 Å². The van der Waals surface area contributed by atoms with Crippen LogP contribution in [0.1, 0.15) is 58.8 Å². The first-order valence-corrected chi connectivity index (χ1v) is 9.48. The molecule has 1 unspecified atom stereocenters. The molecule has 0 aliphatic carbocycles. The summed E-state index contributed by atoms with van der Waals surface area (Å²) in [5.74, 6) is -0.0973. The van der Waals surface area contributed by atoms with Crippen molar-refractivity contribution in [2.75, 3.05) is 19.7 Å². The van der Waals surface area contributed by atoms with E-state index in [4.69, 9.17) is 5.11 Å². The zero-order valence-electron chi connectivity index (χ0n) is 13.2. The van der Waals surface area contributed by atoms with E-state index in [9.17, 15) is 19.1 Å². The molecule has 1 amide bonds. The zero-order chi connectivity index (χ0) is 16.3. The van der Waals surface area contributed by atoms with Crippen LogP contribution in [0.15, 0.2) is 0 Å². The molecule has 0 rings (SSSR count). The molecule has 0 aromatic rings. The third kappa shape index (κ3) is 9.25. The Morgan fingerprint density at radius 2 is 1.71 bits per heavy atom. The lowest BCUT2D eigenvalue weighted by Gasteiger charge is -2.27. The molecular weight excluding hydrogens is 293 g/mol. The number of aliphatic hydroxyl groups excluding tert-OH is 1. The average Bonchev–Trinajstić information content (AvgIpc) is 2.40. The molecule has 6 nitrogen and oxygen atoms in total. The summed E-state index contributed by atoms with van der Waals surface area (Å²) < 4.78 is 11.3. The number of carbonyl (C=O) groups is 1. The molecule has 21 heavy (non-hydrogen) atoms. The molecule has 0 saturated heterocycles. The second kappa shape index (κ2) is 11.2. The fraction of sp³-hybridized carbons (Fsp3) is 0.929. The fourth-order valence-electron chi connectivity index (χ4n) is 2.12. The van der Waals surface area contributed by atoms with Gasteiger partial charge in [0.05, 0.1) is 6.61 Å². The van der Waals surface area contributed by atoms with Gasteiger partial charge in [-0.1, -0.05) is 39.5 Å². The first-order chi connectivity index (χ1) is 9.86. The molecule has 126 valence electrons. The van der Waals surface area contributed by atoms with E-state index in [0.717, 1.165) is 32.1 Å². The molecule has 3 N–H and O–H groups in total. The van der Waals surface area contributed by atoms with Crippen LogP contribution in [0, 0.1) is 0 Å². The maximum absolute atomic E-state index is 12.0. The highest BCUT2D eigenvalue weighted by Crippen LogP contribution is 2.41. The number of nitrogens with zero attached hydrogens (tertiary/aromatic N) is 1. The van der Waals surface area contributed by atoms with Crippen LogP contribution in [-0.2, 0) is 9.36 Å². The van der Waals surface area contributed by atoms with Gasteiger partial charge < -0.3 is 19.8 Å². The zero-order valence-corrected chi connectivity index (χ0v) is 14.1. The minimum absolute atomic E-state index is 0.0760. The van der Waals surface area contributed by atoms with Crippen LogP contribution in [-0.4, -0.2) is 51.1 Å². The van der Waals surface area contributed by atoms with Gasteiger partial charge in [0.2, 0.25) is 5.91 Å². The van der Waals surface area contributed by atoms with E-state index in [-0.39, 0.29) is 12.5 Å². The van der Waals surface area contributed by atoms with Crippen LogP contribution in [0.25, 0.3) is 0 Å². The summed E-state index contributed by atoms with van der Waals surface area (Å²) in [4.78, 5) is 31.9. The molecule has 0 bridgehead atoms. The van der Waals surface area contributed by atoms with Gasteiger partial charge >= 0.3 is 7.60 Å². The number of hydrogen-bond acceptors (Lipinski definition) is 3. The second-order valence-corrected chi connectivity index (χ2v) is 7.34. The fourth-order valence-corrected chi connectivity index (χ4v) is 2.74. The molecule has 0 aromatic carbocycles. The minimum Gasteiger partial charge on any atom is -0.395 e. The first kappa shape index (κ1) is 20.6. The predicted molar refractivity (Wildman–Crippen MR) is 83.2 cm³/mol. The van der Waals surface area contributed by atoms with Crippen LogP contribution in [0.4, 0.5) is 0 Å². The van der Waals surface area contributed by atoms with Crippen molar-refractivity contribution in [2.45, 2.75) is 64.5 Å². The molecule has 1 atom stereocenters. The van der Waals surface area contributed by atoms with E-state index < -0.39 is 19.9 Å². The van der Waals surface area contributed by atoms with E-state index in [1.165, 1.54) is 4.90 Å². The lowest BCUT2D eigenvalue weighted by molar-refractivity contribution is -0.131. The van der Waals surface area contributed by atoms with Gasteiger partial charge in [-0.15, -0.1) is 0 Å². The van der Waals surface area contributed by atoms with Crippen molar-refractivity contribution >= 4 is 13.5 Å². The average molecular weight is 323 g/mol. The van der Waals surface area contributed by atoms with Crippen LogP contribution in [0.2, 0.25) is 0 Å². The van der Waals surface area contributed by atoms with Crippen LogP contribution >= 0.6 is 7.60 Å². The maximum atomic E-state index is 12.0. The van der Waals surface area contributed by atoms with Crippen LogP contribution < -0.4 is 0 Å². The summed E-state index contributed by atoms with van der Waals surface area (Å²) >= 11 is 0. The highest BCUT2D eigenvalue weighted by Gasteiger charge is 2.31. The van der Waals surface area contributed by atoms with Gasteiger partial charge in [0, 0.05) is 19.5 Å². The van der Waals surface area contributed by atoms with Crippen molar-refractivity contribution in [3.8, 4) is 0 Å². The molecule has 0 fully saturated rings. The molecule has 0 radical (unpaired) electrons. The summed E-state index contributed by atoms with van der Waals surface area (Å²) in [6, 6.07) is 0. The molecule has 0 heterocycles. The number of amides is 1. The van der Waals surface area contributed by atoms with Gasteiger partial charge in [0.15, 0.2) is 0 Å². The summed E-state index contributed by atoms with van der Waals surface area (Å²) in [7, 11) is -4.38. The Morgan fingerprint density at radius 1 is 1.10 bits per heavy atom. The van der Waals surface area contributed by atoms with Gasteiger partial charge in [-0.05, 0) is 12.8 Å². The number of aliphatic hydroxyl groups is 1. The molecule has 0 spiro atoms. The number of carbonyl (C=O) groups excluding carboxylic acids is 1. The SMILES string of the molecule is CCCCCCCN(CC(CO)P(=O)(O)O)C(=O)CCC. The Labute approximate surface area is 127 Å². The van der Waals surface area contributed by atoms with Gasteiger partial charge in [-0.2, -0.15) is 0 Å². The molecular formula is C14H30NO5P. The number of rotatable bonds is 12.